The third-order valence-corrected chi connectivity index (χ3v) is 16.8. The van der Waals surface area contributed by atoms with Crippen LogP contribution in [-0.2, 0) is 31.9 Å². The molecule has 374 valence electrons. The second-order valence-electron chi connectivity index (χ2n) is 23.6. The van der Waals surface area contributed by atoms with Crippen molar-refractivity contribution in [3.05, 3.63) is 29.3 Å². The van der Waals surface area contributed by atoms with E-state index in [-0.39, 0.29) is 51.9 Å². The van der Waals surface area contributed by atoms with Gasteiger partial charge in [-0.3, -0.25) is 9.59 Å². The molecule has 0 N–H and O–H groups in total. The van der Waals surface area contributed by atoms with E-state index >= 15 is 0 Å². The summed E-state index contributed by atoms with van der Waals surface area (Å²) in [5, 5.41) is 0. The van der Waals surface area contributed by atoms with E-state index in [1.807, 2.05) is 13.0 Å². The van der Waals surface area contributed by atoms with Crippen molar-refractivity contribution in [2.75, 3.05) is 11.5 Å². The summed E-state index contributed by atoms with van der Waals surface area (Å²) in [5.74, 6) is -1.65. The van der Waals surface area contributed by atoms with Crippen LogP contribution in [0.2, 0.25) is 0 Å². The van der Waals surface area contributed by atoms with Gasteiger partial charge in [-0.2, -0.15) is 22.0 Å². The number of unbranched alkanes of at least 4 members (excludes halogenated alkanes) is 6. The molecule has 2 saturated carbocycles. The fraction of sp³-hybridized carbons (Fsp3) is 0.852. The van der Waals surface area contributed by atoms with Gasteiger partial charge in [-0.25, -0.2) is 0 Å². The summed E-state index contributed by atoms with van der Waals surface area (Å²) in [6, 6.07) is 6.32. The monoisotopic (exact) mass is 943 g/mol. The number of fused-ring (bicyclic) bond motifs is 5. The number of ether oxygens (including phenoxy) is 2. The van der Waals surface area contributed by atoms with E-state index in [0.717, 1.165) is 109 Å². The number of halogens is 5. The Morgan fingerprint density at radius 1 is 0.846 bits per heavy atom. The molecule has 10 atom stereocenters. The molecule has 65 heavy (non-hydrogen) atoms. The van der Waals surface area contributed by atoms with Gasteiger partial charge in [-0.15, -0.1) is 0 Å². The summed E-state index contributed by atoms with van der Waals surface area (Å²) >= 11 is -1.39. The molecule has 1 aromatic carbocycles. The first kappa shape index (κ1) is 55.7. The number of alkyl halides is 5. The molecular weight excluding hydrogens is 856 g/mol. The van der Waals surface area contributed by atoms with E-state index in [2.05, 4.69) is 74.4 Å². The van der Waals surface area contributed by atoms with Crippen molar-refractivity contribution in [3.8, 4) is 5.75 Å². The molecule has 0 saturated heterocycles. The van der Waals surface area contributed by atoms with Crippen LogP contribution in [0.5, 0.6) is 5.75 Å². The normalized spacial score (nSPS) is 25.5. The largest absolute Gasteiger partial charge is 0.616 e. The molecule has 0 amide bonds. The van der Waals surface area contributed by atoms with Gasteiger partial charge in [-0.05, 0) is 159 Å². The Morgan fingerprint density at radius 3 is 2.11 bits per heavy atom. The third kappa shape index (κ3) is 16.7. The SMILES string of the molecule is CCCC(=O)Oc1ccc2c(c1)CC(CCCCCCCCC[S+]([O-])CCCC(F)(F)C(F)(F)F)C1C2CCC2(C)C(OC(=O)C(CCC(C)CC(C)(C)C)C(C)CC(C)(C)C)CCC12. The smallest absolute Gasteiger partial charge is 0.453 e. The maximum Gasteiger partial charge on any atom is 0.453 e. The highest BCUT2D eigenvalue weighted by Crippen LogP contribution is 2.63. The van der Waals surface area contributed by atoms with Gasteiger partial charge in [0, 0.05) is 18.3 Å². The fourth-order valence-corrected chi connectivity index (χ4v) is 13.7. The Bertz CT molecular complexity index is 1640. The summed E-state index contributed by atoms with van der Waals surface area (Å²) in [6.07, 6.45) is 10.6. The lowest BCUT2D eigenvalue weighted by molar-refractivity contribution is -0.284. The van der Waals surface area contributed by atoms with E-state index in [0.29, 0.717) is 53.9 Å². The molecule has 1 aromatic rings. The number of esters is 2. The summed E-state index contributed by atoms with van der Waals surface area (Å²) in [5.41, 5.74) is 2.97. The molecule has 0 bridgehead atoms. The molecule has 0 aromatic heterocycles. The zero-order valence-electron chi connectivity index (χ0n) is 42.0. The van der Waals surface area contributed by atoms with Crippen LogP contribution in [0.25, 0.3) is 0 Å². The number of carbonyl (C=O) groups is 2. The molecule has 10 unspecified atom stereocenters. The minimum atomic E-state index is -5.57. The van der Waals surface area contributed by atoms with Crippen molar-refractivity contribution >= 4 is 23.1 Å². The lowest BCUT2D eigenvalue weighted by atomic mass is 9.52. The first-order chi connectivity index (χ1) is 30.2. The van der Waals surface area contributed by atoms with Gasteiger partial charge in [-0.1, -0.05) is 119 Å². The summed E-state index contributed by atoms with van der Waals surface area (Å²) in [7, 11) is 0. The van der Waals surface area contributed by atoms with Gasteiger partial charge in [0.05, 0.1) is 5.92 Å². The first-order valence-corrected chi connectivity index (χ1v) is 27.1. The lowest BCUT2D eigenvalue weighted by Gasteiger charge is -2.53. The van der Waals surface area contributed by atoms with Gasteiger partial charge >= 0.3 is 24.0 Å². The van der Waals surface area contributed by atoms with Gasteiger partial charge in [0.25, 0.3) is 0 Å². The van der Waals surface area contributed by atoms with Gasteiger partial charge in [0.2, 0.25) is 0 Å². The zero-order valence-corrected chi connectivity index (χ0v) is 42.8. The molecular formula is C54H87F5O5S. The Hall–Kier alpha value is -1.88. The number of carbonyl (C=O) groups excluding carboxylic acids is 2. The van der Waals surface area contributed by atoms with Crippen LogP contribution in [0, 0.1) is 51.8 Å². The van der Waals surface area contributed by atoms with Crippen LogP contribution in [0.1, 0.15) is 215 Å². The van der Waals surface area contributed by atoms with E-state index in [1.165, 1.54) is 11.1 Å². The highest BCUT2D eigenvalue weighted by molar-refractivity contribution is 7.91. The molecule has 0 heterocycles. The molecule has 3 aliphatic rings. The Balaban J connectivity index is 1.39. The average molecular weight is 943 g/mol. The highest BCUT2D eigenvalue weighted by atomic mass is 32.2. The van der Waals surface area contributed by atoms with Crippen LogP contribution >= 0.6 is 0 Å². The molecule has 4 rings (SSSR count). The summed E-state index contributed by atoms with van der Waals surface area (Å²) in [4.78, 5) is 27.0. The second kappa shape index (κ2) is 24.1. The topological polar surface area (TPSA) is 75.7 Å². The maximum atomic E-state index is 14.5. The predicted octanol–water partition coefficient (Wildman–Crippen LogP) is 15.8. The van der Waals surface area contributed by atoms with E-state index < -0.39 is 36.1 Å². The molecule has 0 radical (unpaired) electrons. The molecule has 2 fully saturated rings. The van der Waals surface area contributed by atoms with E-state index in [9.17, 15) is 36.1 Å². The number of hydrogen-bond donors (Lipinski definition) is 0. The maximum absolute atomic E-state index is 14.5. The molecule has 3 aliphatic carbocycles. The van der Waals surface area contributed by atoms with Gasteiger partial charge < -0.3 is 14.0 Å². The Labute approximate surface area is 393 Å². The van der Waals surface area contributed by atoms with Crippen LogP contribution in [0.3, 0.4) is 0 Å². The Kier molecular flexibility index (Phi) is 20.7. The van der Waals surface area contributed by atoms with Gasteiger partial charge in [0.1, 0.15) is 23.4 Å². The predicted molar refractivity (Wildman–Crippen MR) is 255 cm³/mol. The fourth-order valence-electron chi connectivity index (χ4n) is 12.5. The number of rotatable bonds is 25. The standard InChI is InChI=1S/C54H87F5O5S/c1-11-20-47(60)63-41-23-25-43-40(34-41)33-39(21-17-15-13-12-14-16-18-31-65(62)32-19-29-53(55,56)54(57,58)59)48-44(43)28-30-52(10)45(48)26-27-46(52)64-49(61)42(38(3)36-51(7,8)9)24-22-37(2)35-50(4,5)6/h23,25,34,37-39,42,44-46,48H,11-22,24,26-33,35-36H2,1-10H3. The second-order valence-corrected chi connectivity index (χ2v) is 25.3. The molecule has 5 nitrogen and oxygen atoms in total. The summed E-state index contributed by atoms with van der Waals surface area (Å²) in [6.45, 7) is 22.7. The van der Waals surface area contributed by atoms with Crippen molar-refractivity contribution in [1.29, 1.82) is 0 Å². The minimum Gasteiger partial charge on any atom is -0.616 e. The van der Waals surface area contributed by atoms with Crippen molar-refractivity contribution in [3.63, 3.8) is 0 Å². The van der Waals surface area contributed by atoms with Crippen molar-refractivity contribution in [1.82, 2.24) is 0 Å². The quantitative estimate of drug-likeness (QED) is 0.0321. The van der Waals surface area contributed by atoms with E-state index in [1.54, 1.807) is 0 Å². The molecule has 0 spiro atoms. The average Bonchev–Trinajstić information content (AvgIpc) is 3.50. The zero-order chi connectivity index (χ0) is 48.4. The van der Waals surface area contributed by atoms with Crippen LogP contribution < -0.4 is 4.74 Å². The van der Waals surface area contributed by atoms with Crippen molar-refractivity contribution in [2.24, 2.45) is 51.8 Å². The first-order valence-electron chi connectivity index (χ1n) is 25.6. The third-order valence-electron chi connectivity index (χ3n) is 15.3. The highest BCUT2D eigenvalue weighted by Gasteiger charge is 2.59. The summed E-state index contributed by atoms with van der Waals surface area (Å²) < 4.78 is 88.5. The van der Waals surface area contributed by atoms with Crippen LogP contribution in [0.15, 0.2) is 18.2 Å². The number of benzene rings is 1. The van der Waals surface area contributed by atoms with Crippen LogP contribution in [0.4, 0.5) is 22.0 Å². The van der Waals surface area contributed by atoms with Crippen molar-refractivity contribution in [2.45, 2.75) is 228 Å². The van der Waals surface area contributed by atoms with Crippen molar-refractivity contribution < 1.29 is 45.6 Å². The van der Waals surface area contributed by atoms with E-state index in [4.69, 9.17) is 9.47 Å². The lowest BCUT2D eigenvalue weighted by Crippen LogP contribution is -2.48. The Morgan fingerprint density at radius 2 is 1.48 bits per heavy atom. The molecule has 11 heteroatoms. The number of hydrogen-bond acceptors (Lipinski definition) is 5. The van der Waals surface area contributed by atoms with Gasteiger partial charge in [0.15, 0.2) is 0 Å². The minimum absolute atomic E-state index is 0.00913. The molecule has 0 aliphatic heterocycles. The van der Waals surface area contributed by atoms with Crippen LogP contribution in [-0.4, -0.2) is 46.2 Å².